The molecule has 0 saturated carbocycles. The zero-order valence-corrected chi connectivity index (χ0v) is 5.90. The highest BCUT2D eigenvalue weighted by molar-refractivity contribution is 7.80. The lowest BCUT2D eigenvalue weighted by molar-refractivity contribution is 0.359. The van der Waals surface area contributed by atoms with Crippen molar-refractivity contribution in [2.75, 3.05) is 12.3 Å². The number of hydrogen-bond acceptors (Lipinski definition) is 2. The Labute approximate surface area is 52.9 Å². The van der Waals surface area contributed by atoms with Gasteiger partial charge in [0.25, 0.3) is 0 Å². The molecular weight excluding hydrogens is 149 g/mol. The highest BCUT2D eigenvalue weighted by Crippen LogP contribution is 2.26. The van der Waals surface area contributed by atoms with Gasteiger partial charge in [-0.15, -0.1) is 0 Å². The third-order valence-electron chi connectivity index (χ3n) is 0.430. The van der Waals surface area contributed by atoms with E-state index in [4.69, 9.17) is 9.79 Å². The van der Waals surface area contributed by atoms with Crippen molar-refractivity contribution in [2.45, 2.75) is 0 Å². The van der Waals surface area contributed by atoms with Gasteiger partial charge in [-0.3, -0.25) is 0 Å². The molecule has 0 saturated heterocycles. The van der Waals surface area contributed by atoms with Crippen LogP contribution in [0, 0.1) is 0 Å². The van der Waals surface area contributed by atoms with Crippen LogP contribution in [0.1, 0.15) is 0 Å². The topological polar surface area (TPSA) is 69.6 Å². The Kier molecular flexibility index (Phi) is 3.68. The number of nitrogens with one attached hydrogen (secondary N) is 1. The Morgan fingerprint density at radius 3 is 2.25 bits per heavy atom. The second-order valence-electron chi connectivity index (χ2n) is 1.18. The molecule has 0 bridgehead atoms. The molecule has 4 nitrogen and oxygen atoms in total. The van der Waals surface area contributed by atoms with Gasteiger partial charge in [-0.05, 0) is 0 Å². The molecule has 50 valence electrons. The van der Waals surface area contributed by atoms with Gasteiger partial charge in [0.15, 0.2) is 0 Å². The third kappa shape index (κ3) is 6.46. The van der Waals surface area contributed by atoms with E-state index in [9.17, 15) is 4.57 Å². The first-order valence-electron chi connectivity index (χ1n) is 1.98. The maximum absolute atomic E-state index is 9.94. The second-order valence-corrected chi connectivity index (χ2v) is 3.03. The quantitative estimate of drug-likeness (QED) is 0.332. The fourth-order valence-corrected chi connectivity index (χ4v) is 0.887. The summed E-state index contributed by atoms with van der Waals surface area (Å²) in [5.74, 6) is 0.422. The maximum Gasteiger partial charge on any atom is 0.400 e. The molecule has 0 rings (SSSR count). The molecule has 0 amide bonds. The Bertz CT molecular complexity index is 101. The summed E-state index contributed by atoms with van der Waals surface area (Å²) in [6.07, 6.45) is 0. The Balaban J connectivity index is 3.26. The van der Waals surface area contributed by atoms with Crippen LogP contribution in [-0.2, 0) is 4.57 Å². The molecule has 0 aliphatic carbocycles. The molecule has 6 heteroatoms. The standard InChI is InChI=1S/C2H8NO3PS/c4-7(5,6)3-1-2-8/h8H,1-2H2,(H3,3,4,5,6). The molecule has 0 atom stereocenters. The van der Waals surface area contributed by atoms with Crippen molar-refractivity contribution in [2.24, 2.45) is 0 Å². The zero-order chi connectivity index (χ0) is 6.62. The molecule has 0 aromatic rings. The number of hydrogen-bond donors (Lipinski definition) is 4. The molecule has 0 aliphatic rings. The van der Waals surface area contributed by atoms with E-state index in [-0.39, 0.29) is 6.54 Å². The monoisotopic (exact) mass is 157 g/mol. The SMILES string of the molecule is O=P(O)(O)NCCS. The molecule has 0 aromatic carbocycles. The first-order valence-corrected chi connectivity index (χ1v) is 4.22. The van der Waals surface area contributed by atoms with E-state index in [1.165, 1.54) is 0 Å². The minimum Gasteiger partial charge on any atom is -0.313 e. The fraction of sp³-hybridized carbons (Fsp3) is 1.00. The van der Waals surface area contributed by atoms with E-state index in [1.54, 1.807) is 0 Å². The normalized spacial score (nSPS) is 11.9. The fourth-order valence-electron chi connectivity index (χ4n) is 0.196. The van der Waals surface area contributed by atoms with Crippen molar-refractivity contribution in [1.82, 2.24) is 5.09 Å². The van der Waals surface area contributed by atoms with Gasteiger partial charge in [-0.1, -0.05) is 0 Å². The van der Waals surface area contributed by atoms with Crippen LogP contribution in [0.3, 0.4) is 0 Å². The van der Waals surface area contributed by atoms with Crippen molar-refractivity contribution >= 4 is 20.4 Å². The van der Waals surface area contributed by atoms with E-state index < -0.39 is 7.75 Å². The van der Waals surface area contributed by atoms with Crippen LogP contribution in [0.25, 0.3) is 0 Å². The summed E-state index contributed by atoms with van der Waals surface area (Å²) in [5, 5.41) is 1.96. The average Bonchev–Trinajstić information content (AvgIpc) is 1.59. The van der Waals surface area contributed by atoms with Crippen molar-refractivity contribution in [3.63, 3.8) is 0 Å². The molecule has 0 aliphatic heterocycles. The molecule has 0 spiro atoms. The summed E-state index contributed by atoms with van der Waals surface area (Å²) in [6.45, 7) is 0.230. The lowest BCUT2D eigenvalue weighted by Gasteiger charge is -2.01. The summed E-state index contributed by atoms with van der Waals surface area (Å²) in [6, 6.07) is 0. The van der Waals surface area contributed by atoms with Gasteiger partial charge in [0, 0.05) is 12.3 Å². The Morgan fingerprint density at radius 1 is 1.62 bits per heavy atom. The molecular formula is C2H8NO3PS. The van der Waals surface area contributed by atoms with Crippen molar-refractivity contribution in [3.05, 3.63) is 0 Å². The first kappa shape index (κ1) is 8.46. The van der Waals surface area contributed by atoms with Crippen LogP contribution in [0.4, 0.5) is 0 Å². The van der Waals surface area contributed by atoms with Crippen molar-refractivity contribution in [1.29, 1.82) is 0 Å². The van der Waals surface area contributed by atoms with Gasteiger partial charge >= 0.3 is 7.75 Å². The van der Waals surface area contributed by atoms with E-state index in [0.717, 1.165) is 0 Å². The molecule has 3 N–H and O–H groups in total. The van der Waals surface area contributed by atoms with Crippen molar-refractivity contribution < 1.29 is 14.4 Å². The molecule has 0 radical (unpaired) electrons. The Hall–Kier alpha value is 0.460. The van der Waals surface area contributed by atoms with Gasteiger partial charge < -0.3 is 9.79 Å². The van der Waals surface area contributed by atoms with Crippen LogP contribution < -0.4 is 5.09 Å². The lowest BCUT2D eigenvalue weighted by Crippen LogP contribution is -2.11. The first-order chi connectivity index (χ1) is 3.56. The summed E-state index contributed by atoms with van der Waals surface area (Å²) >= 11 is 3.73. The molecule has 0 aromatic heterocycles. The van der Waals surface area contributed by atoms with E-state index in [2.05, 4.69) is 12.6 Å². The summed E-state index contributed by atoms with van der Waals surface area (Å²) in [7, 11) is -3.98. The second kappa shape index (κ2) is 3.48. The summed E-state index contributed by atoms with van der Waals surface area (Å²) in [5.41, 5.74) is 0. The summed E-state index contributed by atoms with van der Waals surface area (Å²) in [4.78, 5) is 16.2. The molecule has 0 heterocycles. The largest absolute Gasteiger partial charge is 0.400 e. The minimum atomic E-state index is -3.98. The predicted molar refractivity (Wildman–Crippen MR) is 33.9 cm³/mol. The van der Waals surface area contributed by atoms with Crippen LogP contribution >= 0.6 is 20.4 Å². The van der Waals surface area contributed by atoms with Crippen LogP contribution in [-0.4, -0.2) is 22.1 Å². The van der Waals surface area contributed by atoms with E-state index in [0.29, 0.717) is 5.75 Å². The minimum absolute atomic E-state index is 0.230. The van der Waals surface area contributed by atoms with Gasteiger partial charge in [0.2, 0.25) is 0 Å². The maximum atomic E-state index is 9.94. The van der Waals surface area contributed by atoms with Gasteiger partial charge in [0.05, 0.1) is 0 Å². The van der Waals surface area contributed by atoms with E-state index in [1.807, 2.05) is 5.09 Å². The van der Waals surface area contributed by atoms with Gasteiger partial charge in [0.1, 0.15) is 0 Å². The van der Waals surface area contributed by atoms with Crippen LogP contribution in [0.5, 0.6) is 0 Å². The highest BCUT2D eigenvalue weighted by Gasteiger charge is 2.08. The zero-order valence-electron chi connectivity index (χ0n) is 4.11. The molecule has 0 unspecified atom stereocenters. The van der Waals surface area contributed by atoms with E-state index >= 15 is 0 Å². The molecule has 0 fully saturated rings. The van der Waals surface area contributed by atoms with Crippen LogP contribution in [0.2, 0.25) is 0 Å². The van der Waals surface area contributed by atoms with Crippen LogP contribution in [0.15, 0.2) is 0 Å². The summed E-state index contributed by atoms with van der Waals surface area (Å²) < 4.78 is 9.94. The number of thiol groups is 1. The van der Waals surface area contributed by atoms with Gasteiger partial charge in [-0.25, -0.2) is 9.65 Å². The average molecular weight is 157 g/mol. The highest BCUT2D eigenvalue weighted by atomic mass is 32.1. The van der Waals surface area contributed by atoms with Crippen molar-refractivity contribution in [3.8, 4) is 0 Å². The third-order valence-corrected chi connectivity index (χ3v) is 1.29. The predicted octanol–water partition coefficient (Wildman–Crippen LogP) is -0.402. The molecule has 8 heavy (non-hydrogen) atoms. The number of rotatable bonds is 3. The van der Waals surface area contributed by atoms with Gasteiger partial charge in [-0.2, -0.15) is 12.6 Å². The smallest absolute Gasteiger partial charge is 0.313 e. The lowest BCUT2D eigenvalue weighted by atomic mass is 10.8. The Morgan fingerprint density at radius 2 is 2.12 bits per heavy atom.